The van der Waals surface area contributed by atoms with Crippen molar-refractivity contribution in [2.75, 3.05) is 32.9 Å². The lowest BCUT2D eigenvalue weighted by atomic mass is 10.2. The number of aliphatic imine (C=N–C) groups is 1. The SMILES string of the molecule is CN=C(NCC1CCCN1Cc1ccccc1)NCC(C)(C)SC.I. The molecule has 0 aromatic heterocycles. The Morgan fingerprint density at radius 2 is 2.00 bits per heavy atom. The van der Waals surface area contributed by atoms with Crippen LogP contribution in [0.2, 0.25) is 0 Å². The number of benzene rings is 1. The predicted molar refractivity (Wildman–Crippen MR) is 122 cm³/mol. The van der Waals surface area contributed by atoms with Gasteiger partial charge in [0, 0.05) is 37.5 Å². The van der Waals surface area contributed by atoms with Gasteiger partial charge in [-0.1, -0.05) is 30.3 Å². The van der Waals surface area contributed by atoms with Gasteiger partial charge in [-0.15, -0.1) is 24.0 Å². The summed E-state index contributed by atoms with van der Waals surface area (Å²) in [5.74, 6) is 0.906. The summed E-state index contributed by atoms with van der Waals surface area (Å²) in [5.41, 5.74) is 1.40. The Morgan fingerprint density at radius 3 is 2.64 bits per heavy atom. The van der Waals surface area contributed by atoms with Crippen LogP contribution in [0.15, 0.2) is 35.3 Å². The molecule has 0 radical (unpaired) electrons. The molecular weight excluding hydrogens is 443 g/mol. The summed E-state index contributed by atoms with van der Waals surface area (Å²) >= 11 is 1.87. The number of hydrogen-bond acceptors (Lipinski definition) is 3. The number of thioether (sulfide) groups is 1. The van der Waals surface area contributed by atoms with Crippen LogP contribution in [0, 0.1) is 0 Å². The molecule has 1 saturated heterocycles. The molecule has 1 unspecified atom stereocenters. The zero-order valence-corrected chi connectivity index (χ0v) is 19.1. The van der Waals surface area contributed by atoms with Crippen molar-refractivity contribution < 1.29 is 0 Å². The van der Waals surface area contributed by atoms with Crippen LogP contribution < -0.4 is 10.6 Å². The molecule has 142 valence electrons. The van der Waals surface area contributed by atoms with Crippen molar-refractivity contribution in [3.8, 4) is 0 Å². The van der Waals surface area contributed by atoms with E-state index in [1.807, 2.05) is 18.8 Å². The Hall–Kier alpha value is -0.470. The fourth-order valence-electron chi connectivity index (χ4n) is 2.96. The molecule has 0 saturated carbocycles. The van der Waals surface area contributed by atoms with Gasteiger partial charge >= 0.3 is 0 Å². The topological polar surface area (TPSA) is 39.7 Å². The van der Waals surface area contributed by atoms with E-state index in [0.717, 1.165) is 25.6 Å². The van der Waals surface area contributed by atoms with Crippen LogP contribution in [-0.2, 0) is 6.54 Å². The maximum Gasteiger partial charge on any atom is 0.191 e. The van der Waals surface area contributed by atoms with Crippen molar-refractivity contribution in [2.24, 2.45) is 4.99 Å². The highest BCUT2D eigenvalue weighted by Gasteiger charge is 2.24. The normalized spacial score (nSPS) is 18.7. The molecular formula is C19H33IN4S. The van der Waals surface area contributed by atoms with Gasteiger partial charge in [0.15, 0.2) is 5.96 Å². The van der Waals surface area contributed by atoms with Crippen LogP contribution in [-0.4, -0.2) is 54.6 Å². The van der Waals surface area contributed by atoms with Gasteiger partial charge in [0.25, 0.3) is 0 Å². The molecule has 1 fully saturated rings. The minimum absolute atomic E-state index is 0. The molecule has 1 aromatic rings. The third-order valence-corrected chi connectivity index (χ3v) is 5.94. The van der Waals surface area contributed by atoms with Crippen LogP contribution in [0.1, 0.15) is 32.3 Å². The van der Waals surface area contributed by atoms with Gasteiger partial charge in [-0.3, -0.25) is 9.89 Å². The molecule has 25 heavy (non-hydrogen) atoms. The summed E-state index contributed by atoms with van der Waals surface area (Å²) in [4.78, 5) is 6.95. The summed E-state index contributed by atoms with van der Waals surface area (Å²) in [6.45, 7) is 8.58. The summed E-state index contributed by atoms with van der Waals surface area (Å²) in [5, 5.41) is 6.96. The van der Waals surface area contributed by atoms with Gasteiger partial charge < -0.3 is 10.6 Å². The van der Waals surface area contributed by atoms with Crippen molar-refractivity contribution in [2.45, 2.75) is 44.0 Å². The number of nitrogens with zero attached hydrogens (tertiary/aromatic N) is 2. The highest BCUT2D eigenvalue weighted by molar-refractivity contribution is 14.0. The molecule has 1 aliphatic heterocycles. The maximum absolute atomic E-state index is 4.36. The second-order valence-corrected chi connectivity index (χ2v) is 8.54. The van der Waals surface area contributed by atoms with Crippen LogP contribution in [0.3, 0.4) is 0 Å². The Morgan fingerprint density at radius 1 is 1.28 bits per heavy atom. The summed E-state index contributed by atoms with van der Waals surface area (Å²) in [7, 11) is 1.85. The molecule has 1 aliphatic rings. The first-order valence-electron chi connectivity index (χ1n) is 8.82. The molecule has 2 rings (SSSR count). The van der Waals surface area contributed by atoms with Crippen molar-refractivity contribution in [1.29, 1.82) is 0 Å². The Labute approximate surface area is 174 Å². The van der Waals surface area contributed by atoms with Crippen LogP contribution in [0.25, 0.3) is 0 Å². The summed E-state index contributed by atoms with van der Waals surface area (Å²) in [6.07, 6.45) is 4.69. The van der Waals surface area contributed by atoms with E-state index >= 15 is 0 Å². The first kappa shape index (κ1) is 22.6. The van der Waals surface area contributed by atoms with Crippen molar-refractivity contribution in [1.82, 2.24) is 15.5 Å². The molecule has 0 spiro atoms. The minimum atomic E-state index is 0. The van der Waals surface area contributed by atoms with E-state index in [2.05, 4.69) is 71.0 Å². The lowest BCUT2D eigenvalue weighted by Crippen LogP contribution is -2.47. The number of guanidine groups is 1. The molecule has 1 atom stereocenters. The van der Waals surface area contributed by atoms with E-state index in [0.29, 0.717) is 6.04 Å². The van der Waals surface area contributed by atoms with E-state index in [1.54, 1.807) is 0 Å². The predicted octanol–water partition coefficient (Wildman–Crippen LogP) is 3.58. The molecule has 0 bridgehead atoms. The second-order valence-electron chi connectivity index (χ2n) is 7.02. The average molecular weight is 476 g/mol. The molecule has 6 heteroatoms. The zero-order chi connectivity index (χ0) is 17.4. The molecule has 0 aliphatic carbocycles. The molecule has 1 aromatic carbocycles. The van der Waals surface area contributed by atoms with Crippen molar-refractivity contribution in [3.63, 3.8) is 0 Å². The average Bonchev–Trinajstić information content (AvgIpc) is 3.03. The highest BCUT2D eigenvalue weighted by Crippen LogP contribution is 2.20. The van der Waals surface area contributed by atoms with E-state index in [-0.39, 0.29) is 28.7 Å². The zero-order valence-electron chi connectivity index (χ0n) is 15.9. The van der Waals surface area contributed by atoms with Gasteiger partial charge in [0.05, 0.1) is 0 Å². The third-order valence-electron chi connectivity index (χ3n) is 4.69. The van der Waals surface area contributed by atoms with Crippen LogP contribution >= 0.6 is 35.7 Å². The lowest BCUT2D eigenvalue weighted by Gasteiger charge is -2.27. The fraction of sp³-hybridized carbons (Fsp3) is 0.632. The van der Waals surface area contributed by atoms with Gasteiger partial charge in [0.1, 0.15) is 0 Å². The number of nitrogens with one attached hydrogen (secondary N) is 2. The maximum atomic E-state index is 4.36. The van der Waals surface area contributed by atoms with E-state index in [4.69, 9.17) is 0 Å². The van der Waals surface area contributed by atoms with Gasteiger partial charge in [-0.05, 0) is 45.1 Å². The smallest absolute Gasteiger partial charge is 0.191 e. The molecule has 4 nitrogen and oxygen atoms in total. The molecule has 1 heterocycles. The minimum Gasteiger partial charge on any atom is -0.355 e. The van der Waals surface area contributed by atoms with Crippen LogP contribution in [0.5, 0.6) is 0 Å². The van der Waals surface area contributed by atoms with Gasteiger partial charge in [-0.25, -0.2) is 0 Å². The lowest BCUT2D eigenvalue weighted by molar-refractivity contribution is 0.245. The standard InChI is InChI=1S/C19H32N4S.HI/c1-19(2,24-4)15-22-18(20-3)21-13-17-11-8-12-23(17)14-16-9-6-5-7-10-16;/h5-7,9-10,17H,8,11-15H2,1-4H3,(H2,20,21,22);1H. The van der Waals surface area contributed by atoms with E-state index in [1.165, 1.54) is 24.9 Å². The summed E-state index contributed by atoms with van der Waals surface area (Å²) in [6, 6.07) is 11.3. The first-order valence-corrected chi connectivity index (χ1v) is 10.0. The number of halogens is 1. The van der Waals surface area contributed by atoms with E-state index in [9.17, 15) is 0 Å². The van der Waals surface area contributed by atoms with Crippen molar-refractivity contribution in [3.05, 3.63) is 35.9 Å². The molecule has 2 N–H and O–H groups in total. The first-order chi connectivity index (χ1) is 11.5. The van der Waals surface area contributed by atoms with Crippen LogP contribution in [0.4, 0.5) is 0 Å². The Kier molecular flexibility index (Phi) is 10.2. The second kappa shape index (κ2) is 11.3. The quantitative estimate of drug-likeness (QED) is 0.359. The fourth-order valence-corrected chi connectivity index (χ4v) is 3.17. The monoisotopic (exact) mass is 476 g/mol. The summed E-state index contributed by atoms with van der Waals surface area (Å²) < 4.78 is 0.213. The number of hydrogen-bond donors (Lipinski definition) is 2. The Bertz CT molecular complexity index is 521. The van der Waals surface area contributed by atoms with E-state index < -0.39 is 0 Å². The van der Waals surface area contributed by atoms with Gasteiger partial charge in [0.2, 0.25) is 0 Å². The Balaban J connectivity index is 0.00000312. The number of likely N-dealkylation sites (tertiary alicyclic amines) is 1. The third kappa shape index (κ3) is 7.74. The molecule has 0 amide bonds. The number of rotatable bonds is 7. The van der Waals surface area contributed by atoms with Gasteiger partial charge in [-0.2, -0.15) is 11.8 Å². The van der Waals surface area contributed by atoms with Crippen molar-refractivity contribution >= 4 is 41.7 Å². The largest absolute Gasteiger partial charge is 0.355 e. The highest BCUT2D eigenvalue weighted by atomic mass is 127.